The second-order valence-corrected chi connectivity index (χ2v) is 11.7. The lowest BCUT2D eigenvalue weighted by Gasteiger charge is -2.35. The van der Waals surface area contributed by atoms with Crippen LogP contribution in [0.15, 0.2) is 30.3 Å². The quantitative estimate of drug-likeness (QED) is 0.298. The van der Waals surface area contributed by atoms with Crippen molar-refractivity contribution in [2.24, 2.45) is 5.92 Å². The Labute approximate surface area is 252 Å². The minimum absolute atomic E-state index is 0.120. The van der Waals surface area contributed by atoms with Gasteiger partial charge in [0.2, 0.25) is 11.8 Å². The highest BCUT2D eigenvalue weighted by Gasteiger charge is 2.32. The Bertz CT molecular complexity index is 1260. The van der Waals surface area contributed by atoms with E-state index >= 15 is 0 Å². The van der Waals surface area contributed by atoms with Crippen LogP contribution in [0.1, 0.15) is 79.7 Å². The number of methoxy groups -OCH3 is 1. The summed E-state index contributed by atoms with van der Waals surface area (Å²) in [5.41, 5.74) is 5.27. The summed E-state index contributed by atoms with van der Waals surface area (Å²) >= 11 is 6.47. The third kappa shape index (κ3) is 7.95. The van der Waals surface area contributed by atoms with Gasteiger partial charge in [-0.3, -0.25) is 19.4 Å². The zero-order valence-corrected chi connectivity index (χ0v) is 25.2. The van der Waals surface area contributed by atoms with Gasteiger partial charge in [0.1, 0.15) is 6.61 Å². The Morgan fingerprint density at radius 1 is 1.00 bits per heavy atom. The minimum Gasteiger partial charge on any atom is -0.493 e. The van der Waals surface area contributed by atoms with E-state index in [0.717, 1.165) is 36.9 Å². The summed E-state index contributed by atoms with van der Waals surface area (Å²) in [6, 6.07) is 10.8. The highest BCUT2D eigenvalue weighted by molar-refractivity contribution is 6.31. The van der Waals surface area contributed by atoms with Crippen LogP contribution in [0.4, 0.5) is 4.79 Å². The predicted molar refractivity (Wildman–Crippen MR) is 159 cm³/mol. The Morgan fingerprint density at radius 2 is 1.69 bits per heavy atom. The number of fused-ring (bicyclic) bond motifs is 1. The summed E-state index contributed by atoms with van der Waals surface area (Å²) in [5.74, 6) is 1.80. The first-order valence-corrected chi connectivity index (χ1v) is 15.1. The number of halogens is 1. The lowest BCUT2D eigenvalue weighted by atomic mass is 9.88. The molecule has 10 heteroatoms. The molecule has 1 heterocycles. The summed E-state index contributed by atoms with van der Waals surface area (Å²) in [5, 5.41) is 14.8. The number of likely N-dealkylation sites (tertiary alicyclic amines) is 1. The molecule has 2 aromatic carbocycles. The maximum absolute atomic E-state index is 11.9. The van der Waals surface area contributed by atoms with Crippen molar-refractivity contribution in [1.29, 1.82) is 0 Å². The number of hydrogen-bond acceptors (Lipinski definition) is 6. The smallest absolute Gasteiger partial charge is 0.493 e. The summed E-state index contributed by atoms with van der Waals surface area (Å²) in [6.45, 7) is 4.61. The van der Waals surface area contributed by atoms with Gasteiger partial charge in [0.15, 0.2) is 11.5 Å². The van der Waals surface area contributed by atoms with E-state index < -0.39 is 6.16 Å². The molecule has 0 spiro atoms. The number of imide groups is 1. The number of hydrogen-bond donors (Lipinski definition) is 2. The monoisotopic (exact) mass is 600 g/mol. The van der Waals surface area contributed by atoms with Crippen molar-refractivity contribution < 1.29 is 34.1 Å². The number of carboxylic acid groups (broad SMARTS) is 2. The Hall–Kier alpha value is -3.30. The summed E-state index contributed by atoms with van der Waals surface area (Å²) in [7, 11) is 1.65. The van der Waals surface area contributed by atoms with Gasteiger partial charge in [-0.1, -0.05) is 43.0 Å². The largest absolute Gasteiger partial charge is 0.503 e. The van der Waals surface area contributed by atoms with E-state index in [1.807, 2.05) is 6.07 Å². The van der Waals surface area contributed by atoms with E-state index in [9.17, 15) is 9.59 Å². The van der Waals surface area contributed by atoms with Gasteiger partial charge in [0.25, 0.3) is 0 Å². The molecule has 0 radical (unpaired) electrons. The van der Waals surface area contributed by atoms with Gasteiger partial charge < -0.3 is 19.7 Å². The third-order valence-electron chi connectivity index (χ3n) is 8.59. The standard InChI is InChI=1S/C31H39ClN2O4.CH2O3/c1-21-24-10-12-27(25(24)9-11-26(21)32)33(19-22-6-4-3-5-7-22)20-23-8-13-28(29(18-23)37-2)38-17-16-34-30(35)14-15-31(34)36;2-1(3)4/h8-9,11,13,18,22,27H,3-7,10,12,14-17,19-20H2,1-2H3;(H2,2,3,4). The van der Waals surface area contributed by atoms with Crippen LogP contribution in [-0.2, 0) is 22.6 Å². The van der Waals surface area contributed by atoms with Gasteiger partial charge in [-0.25, -0.2) is 4.79 Å². The van der Waals surface area contributed by atoms with E-state index in [1.54, 1.807) is 7.11 Å². The highest BCUT2D eigenvalue weighted by atomic mass is 35.5. The fourth-order valence-electron chi connectivity index (χ4n) is 6.50. The zero-order valence-electron chi connectivity index (χ0n) is 24.4. The molecule has 228 valence electrons. The minimum atomic E-state index is -1.83. The first-order valence-electron chi connectivity index (χ1n) is 14.7. The van der Waals surface area contributed by atoms with Crippen LogP contribution >= 0.6 is 11.6 Å². The van der Waals surface area contributed by atoms with Crippen molar-refractivity contribution in [2.45, 2.75) is 77.3 Å². The van der Waals surface area contributed by atoms with Crippen LogP contribution in [-0.4, -0.2) is 64.8 Å². The molecular formula is C32H41ClN2O7. The van der Waals surface area contributed by atoms with Crippen molar-refractivity contribution in [3.05, 3.63) is 57.6 Å². The molecule has 2 aliphatic carbocycles. The number of carbonyl (C=O) groups is 3. The van der Waals surface area contributed by atoms with Crippen molar-refractivity contribution in [2.75, 3.05) is 26.8 Å². The molecule has 0 aromatic heterocycles. The Kier molecular flexibility index (Phi) is 11.1. The molecule has 3 aliphatic rings. The molecule has 1 saturated heterocycles. The first-order chi connectivity index (χ1) is 20.2. The van der Waals surface area contributed by atoms with E-state index in [-0.39, 0.29) is 25.0 Å². The number of benzene rings is 2. The average molecular weight is 601 g/mol. The van der Waals surface area contributed by atoms with Crippen LogP contribution in [0.25, 0.3) is 0 Å². The van der Waals surface area contributed by atoms with Gasteiger partial charge >= 0.3 is 6.16 Å². The Morgan fingerprint density at radius 3 is 2.36 bits per heavy atom. The number of ether oxygens (including phenoxy) is 2. The lowest BCUT2D eigenvalue weighted by Crippen LogP contribution is -2.33. The van der Waals surface area contributed by atoms with Gasteiger partial charge in [-0.15, -0.1) is 0 Å². The molecule has 2 fully saturated rings. The van der Waals surface area contributed by atoms with E-state index in [1.165, 1.54) is 59.3 Å². The van der Waals surface area contributed by atoms with Crippen molar-refractivity contribution >= 4 is 29.6 Å². The summed E-state index contributed by atoms with van der Waals surface area (Å²) in [4.78, 5) is 36.3. The first kappa shape index (κ1) is 31.6. The van der Waals surface area contributed by atoms with E-state index in [2.05, 4.69) is 36.1 Å². The van der Waals surface area contributed by atoms with E-state index in [4.69, 9.17) is 36.1 Å². The van der Waals surface area contributed by atoms with Crippen LogP contribution in [0.2, 0.25) is 5.02 Å². The number of rotatable bonds is 10. The molecule has 2 N–H and O–H groups in total. The summed E-state index contributed by atoms with van der Waals surface area (Å²) < 4.78 is 11.6. The number of amides is 2. The molecule has 42 heavy (non-hydrogen) atoms. The van der Waals surface area contributed by atoms with Gasteiger partial charge in [-0.2, -0.15) is 0 Å². The Balaban J connectivity index is 0.000000952. The molecule has 2 aromatic rings. The van der Waals surface area contributed by atoms with Crippen molar-refractivity contribution in [3.63, 3.8) is 0 Å². The molecule has 0 bridgehead atoms. The highest BCUT2D eigenvalue weighted by Crippen LogP contribution is 2.41. The second-order valence-electron chi connectivity index (χ2n) is 11.3. The molecule has 1 unspecified atom stereocenters. The van der Waals surface area contributed by atoms with Crippen molar-refractivity contribution in [3.8, 4) is 11.5 Å². The predicted octanol–water partition coefficient (Wildman–Crippen LogP) is 6.48. The van der Waals surface area contributed by atoms with Crippen LogP contribution in [0.5, 0.6) is 11.5 Å². The normalized spacial score (nSPS) is 18.6. The number of nitrogens with zero attached hydrogens (tertiary/aromatic N) is 2. The molecule has 1 saturated carbocycles. The zero-order chi connectivity index (χ0) is 30.2. The fraction of sp³-hybridized carbons (Fsp3) is 0.531. The maximum atomic E-state index is 11.9. The topological polar surface area (TPSA) is 117 Å². The molecule has 1 atom stereocenters. The van der Waals surface area contributed by atoms with Gasteiger partial charge in [-0.05, 0) is 79.0 Å². The number of carbonyl (C=O) groups excluding carboxylic acids is 2. The van der Waals surface area contributed by atoms with Crippen LogP contribution < -0.4 is 9.47 Å². The van der Waals surface area contributed by atoms with Crippen LogP contribution in [0, 0.1) is 12.8 Å². The maximum Gasteiger partial charge on any atom is 0.503 e. The van der Waals surface area contributed by atoms with Crippen molar-refractivity contribution in [1.82, 2.24) is 9.80 Å². The fourth-order valence-corrected chi connectivity index (χ4v) is 6.67. The third-order valence-corrected chi connectivity index (χ3v) is 9.00. The van der Waals surface area contributed by atoms with E-state index in [0.29, 0.717) is 30.4 Å². The lowest BCUT2D eigenvalue weighted by molar-refractivity contribution is -0.138. The SMILES string of the molecule is COc1cc(CN(CC2CCCCC2)C2CCc3c2ccc(Cl)c3C)ccc1OCCN1C(=O)CCC1=O.O=C(O)O. The van der Waals surface area contributed by atoms with Crippen LogP contribution in [0.3, 0.4) is 0 Å². The van der Waals surface area contributed by atoms with Gasteiger partial charge in [0.05, 0.1) is 13.7 Å². The average Bonchev–Trinajstić information content (AvgIpc) is 3.54. The molecular weight excluding hydrogens is 560 g/mol. The summed E-state index contributed by atoms with van der Waals surface area (Å²) in [6.07, 6.45) is 7.62. The van der Waals surface area contributed by atoms with Gasteiger partial charge in [0, 0.05) is 37.0 Å². The molecule has 9 nitrogen and oxygen atoms in total. The molecule has 2 amide bonds. The molecule has 1 aliphatic heterocycles. The second kappa shape index (κ2) is 14.7. The molecule has 5 rings (SSSR count).